The second-order valence-electron chi connectivity index (χ2n) is 8.66. The van der Waals surface area contributed by atoms with E-state index in [1.165, 1.54) is 5.56 Å². The molecule has 0 amide bonds. The van der Waals surface area contributed by atoms with Gasteiger partial charge in [-0.1, -0.05) is 56.3 Å². The summed E-state index contributed by atoms with van der Waals surface area (Å²) < 4.78 is 8.72. The van der Waals surface area contributed by atoms with Crippen molar-refractivity contribution in [2.45, 2.75) is 26.7 Å². The fourth-order valence-corrected chi connectivity index (χ4v) is 4.66. The molecule has 0 fully saturated rings. The molecule has 0 N–H and O–H groups in total. The van der Waals surface area contributed by atoms with Crippen LogP contribution in [0, 0.1) is 18.3 Å². The van der Waals surface area contributed by atoms with E-state index in [-0.39, 0.29) is 5.92 Å². The van der Waals surface area contributed by atoms with Crippen molar-refractivity contribution in [3.8, 4) is 28.5 Å². The van der Waals surface area contributed by atoms with Crippen LogP contribution in [0.25, 0.3) is 44.3 Å². The second-order valence-corrected chi connectivity index (χ2v) is 8.66. The normalized spacial score (nSPS) is 11.4. The summed E-state index contributed by atoms with van der Waals surface area (Å²) in [6, 6.07) is 25.2. The van der Waals surface area contributed by atoms with Gasteiger partial charge >= 0.3 is 0 Å². The molecule has 0 bridgehead atoms. The molecule has 3 aromatic carbocycles. The van der Waals surface area contributed by atoms with Crippen LogP contribution in [-0.4, -0.2) is 0 Å². The van der Waals surface area contributed by atoms with Gasteiger partial charge in [0.05, 0.1) is 5.56 Å². The molecular weight excluding hydrogens is 392 g/mol. The predicted octanol–water partition coefficient (Wildman–Crippen LogP) is 7.05. The molecule has 5 aromatic rings. The zero-order valence-corrected chi connectivity index (χ0v) is 18.8. The summed E-state index contributed by atoms with van der Waals surface area (Å²) in [5.74, 6) is 0.283. The second kappa shape index (κ2) is 7.66. The maximum absolute atomic E-state index is 10.2. The topological polar surface area (TPSA) is 40.8 Å². The van der Waals surface area contributed by atoms with Gasteiger partial charge in [-0.3, -0.25) is 0 Å². The number of benzene rings is 3. The summed E-state index contributed by atoms with van der Waals surface area (Å²) in [5.41, 5.74) is 8.56. The molecule has 32 heavy (non-hydrogen) atoms. The van der Waals surface area contributed by atoms with Crippen LogP contribution in [0.4, 0.5) is 0 Å². The molecule has 2 aromatic heterocycles. The van der Waals surface area contributed by atoms with E-state index in [1.54, 1.807) is 0 Å². The Kier molecular flexibility index (Phi) is 4.79. The third kappa shape index (κ3) is 2.99. The van der Waals surface area contributed by atoms with Crippen molar-refractivity contribution >= 4 is 21.9 Å². The van der Waals surface area contributed by atoms with Crippen molar-refractivity contribution in [2.24, 2.45) is 7.05 Å². The number of nitriles is 1. The molecule has 0 spiro atoms. The highest BCUT2D eigenvalue weighted by molar-refractivity contribution is 6.14. The van der Waals surface area contributed by atoms with Crippen LogP contribution in [0.3, 0.4) is 0 Å². The van der Waals surface area contributed by atoms with E-state index in [1.807, 2.05) is 55.7 Å². The molecule has 2 heterocycles. The summed E-state index contributed by atoms with van der Waals surface area (Å²) in [4.78, 5) is 0. The van der Waals surface area contributed by atoms with Crippen molar-refractivity contribution in [3.63, 3.8) is 0 Å². The maximum atomic E-state index is 10.2. The first-order valence-corrected chi connectivity index (χ1v) is 10.9. The fraction of sp³-hybridized carbons (Fsp3) is 0.172. The Morgan fingerprint density at radius 2 is 1.69 bits per heavy atom. The highest BCUT2D eigenvalue weighted by Gasteiger charge is 2.25. The van der Waals surface area contributed by atoms with Gasteiger partial charge in [0.15, 0.2) is 11.8 Å². The largest absolute Gasteiger partial charge is 0.454 e. The predicted molar refractivity (Wildman–Crippen MR) is 129 cm³/mol. The minimum absolute atomic E-state index is 0.283. The molecule has 0 aliphatic heterocycles. The summed E-state index contributed by atoms with van der Waals surface area (Å²) in [6.45, 7) is 6.50. The Labute approximate surface area is 188 Å². The number of rotatable bonds is 3. The minimum Gasteiger partial charge on any atom is -0.454 e. The molecule has 3 heteroatoms. The minimum atomic E-state index is 0.283. The lowest BCUT2D eigenvalue weighted by atomic mass is 9.89. The van der Waals surface area contributed by atoms with Crippen LogP contribution in [-0.2, 0) is 7.05 Å². The van der Waals surface area contributed by atoms with Gasteiger partial charge in [0.25, 0.3) is 0 Å². The zero-order chi connectivity index (χ0) is 22.4. The van der Waals surface area contributed by atoms with E-state index in [2.05, 4.69) is 55.7 Å². The third-order valence-corrected chi connectivity index (χ3v) is 6.28. The number of aryl methyl sites for hydroxylation is 2. The van der Waals surface area contributed by atoms with E-state index < -0.39 is 0 Å². The van der Waals surface area contributed by atoms with E-state index in [0.717, 1.165) is 44.3 Å². The van der Waals surface area contributed by atoms with Gasteiger partial charge in [0.1, 0.15) is 24.3 Å². The molecule has 0 saturated carbocycles. The number of nitrogens with zero attached hydrogens (tertiary/aromatic N) is 2. The maximum Gasteiger partial charge on any atom is 0.216 e. The lowest BCUT2D eigenvalue weighted by molar-refractivity contribution is -0.660. The van der Waals surface area contributed by atoms with Crippen LogP contribution in [0.15, 0.2) is 77.3 Å². The molecule has 0 unspecified atom stereocenters. The van der Waals surface area contributed by atoms with Crippen molar-refractivity contribution in [1.82, 2.24) is 0 Å². The summed E-state index contributed by atoms with van der Waals surface area (Å²) in [7, 11) is 2.05. The lowest BCUT2D eigenvalue weighted by Crippen LogP contribution is -2.30. The van der Waals surface area contributed by atoms with Crippen molar-refractivity contribution in [2.75, 3.05) is 0 Å². The molecule has 0 radical (unpaired) electrons. The standard InChI is InChI=1S/C29H25N2O/c1-18(2)22-16-23(20-10-6-5-7-11-20)24(17-30)29-27(22)21-14-13-19(3)26(28(21)32-29)25-12-8-9-15-31(25)4/h5-16,18H,1-4H3/q+1. The van der Waals surface area contributed by atoms with Gasteiger partial charge in [-0.15, -0.1) is 0 Å². The smallest absolute Gasteiger partial charge is 0.216 e. The molecule has 0 saturated heterocycles. The summed E-state index contributed by atoms with van der Waals surface area (Å²) in [5, 5.41) is 12.3. The van der Waals surface area contributed by atoms with Gasteiger partial charge in [-0.25, -0.2) is 4.57 Å². The molecule has 0 atom stereocenters. The van der Waals surface area contributed by atoms with Crippen molar-refractivity contribution in [3.05, 3.63) is 89.6 Å². The average molecular weight is 418 g/mol. The number of hydrogen-bond acceptors (Lipinski definition) is 2. The summed E-state index contributed by atoms with van der Waals surface area (Å²) >= 11 is 0. The first kappa shape index (κ1) is 20.0. The first-order valence-electron chi connectivity index (χ1n) is 10.9. The van der Waals surface area contributed by atoms with Crippen LogP contribution >= 0.6 is 0 Å². The quantitative estimate of drug-likeness (QED) is 0.295. The van der Waals surface area contributed by atoms with E-state index in [9.17, 15) is 5.26 Å². The Bertz CT molecular complexity index is 1520. The first-order chi connectivity index (χ1) is 15.5. The zero-order valence-electron chi connectivity index (χ0n) is 18.8. The van der Waals surface area contributed by atoms with Crippen molar-refractivity contribution in [1.29, 1.82) is 5.26 Å². The number of pyridine rings is 1. The Hall–Kier alpha value is -3.90. The summed E-state index contributed by atoms with van der Waals surface area (Å²) in [6.07, 6.45) is 2.05. The van der Waals surface area contributed by atoms with Gasteiger partial charge < -0.3 is 4.42 Å². The monoisotopic (exact) mass is 417 g/mol. The average Bonchev–Trinajstić information content (AvgIpc) is 3.18. The van der Waals surface area contributed by atoms with Crippen molar-refractivity contribution < 1.29 is 8.98 Å². The van der Waals surface area contributed by atoms with Gasteiger partial charge in [-0.2, -0.15) is 5.26 Å². The van der Waals surface area contributed by atoms with E-state index in [0.29, 0.717) is 11.1 Å². The van der Waals surface area contributed by atoms with Crippen LogP contribution < -0.4 is 4.57 Å². The number of fused-ring (bicyclic) bond motifs is 3. The van der Waals surface area contributed by atoms with Gasteiger partial charge in [0, 0.05) is 28.5 Å². The lowest BCUT2D eigenvalue weighted by Gasteiger charge is -2.13. The highest BCUT2D eigenvalue weighted by atomic mass is 16.3. The van der Waals surface area contributed by atoms with Gasteiger partial charge in [-0.05, 0) is 41.7 Å². The molecular formula is C29H25N2O+. The van der Waals surface area contributed by atoms with Gasteiger partial charge in [0.2, 0.25) is 5.69 Å². The fourth-order valence-electron chi connectivity index (χ4n) is 4.66. The molecule has 0 aliphatic rings. The van der Waals surface area contributed by atoms with Crippen LogP contribution in [0.2, 0.25) is 0 Å². The number of hydrogen-bond donors (Lipinski definition) is 0. The Morgan fingerprint density at radius 1 is 0.938 bits per heavy atom. The number of furan rings is 1. The molecule has 5 rings (SSSR count). The van der Waals surface area contributed by atoms with E-state index >= 15 is 0 Å². The SMILES string of the molecule is Cc1ccc2c(oc3c(C#N)c(-c4ccccc4)cc(C(C)C)c32)c1-c1cccc[n+]1C. The molecule has 156 valence electrons. The highest BCUT2D eigenvalue weighted by Crippen LogP contribution is 2.43. The van der Waals surface area contributed by atoms with Crippen LogP contribution in [0.5, 0.6) is 0 Å². The third-order valence-electron chi connectivity index (χ3n) is 6.28. The Balaban J connectivity index is 1.97. The molecule has 0 aliphatic carbocycles. The van der Waals surface area contributed by atoms with Crippen LogP contribution in [0.1, 0.15) is 36.5 Å². The Morgan fingerprint density at radius 3 is 2.38 bits per heavy atom. The number of aromatic nitrogens is 1. The van der Waals surface area contributed by atoms with E-state index in [4.69, 9.17) is 4.42 Å². The molecule has 3 nitrogen and oxygen atoms in total.